The topological polar surface area (TPSA) is 77.0 Å². The van der Waals surface area contributed by atoms with E-state index in [1.54, 1.807) is 0 Å². The van der Waals surface area contributed by atoms with Crippen molar-refractivity contribution >= 4 is 14.3 Å². The second kappa shape index (κ2) is 15.3. The van der Waals surface area contributed by atoms with E-state index < -0.39 is 8.32 Å². The molecule has 0 radical (unpaired) electrons. The van der Waals surface area contributed by atoms with Crippen LogP contribution in [-0.2, 0) is 28.9 Å². The standard InChI is InChI=1S/C34H47NO5Si/c1-7-12-33(37)39-30-16-11-15-26(21-30)19-20-35-23-32(40-41(5,6)34(2,3)4)28-17-18-31(29(22-28)24-36)38-25-27-13-9-8-10-14-27/h8-11,13-18,21-22,32,35-36H,7,12,19-20,23-25H2,1-6H3/t32-/m0/s1. The second-order valence-electron chi connectivity index (χ2n) is 12.0. The van der Waals surface area contributed by atoms with Crippen LogP contribution < -0.4 is 14.8 Å². The molecule has 0 amide bonds. The van der Waals surface area contributed by atoms with Crippen LogP contribution in [0.15, 0.2) is 72.8 Å². The van der Waals surface area contributed by atoms with Crippen LogP contribution in [0.25, 0.3) is 0 Å². The summed E-state index contributed by atoms with van der Waals surface area (Å²) in [4.78, 5) is 11.9. The molecule has 0 bridgehead atoms. The number of hydrogen-bond acceptors (Lipinski definition) is 6. The third-order valence-corrected chi connectivity index (χ3v) is 12.1. The van der Waals surface area contributed by atoms with Crippen LogP contribution in [0.3, 0.4) is 0 Å². The van der Waals surface area contributed by atoms with Gasteiger partial charge < -0.3 is 24.3 Å². The summed E-state index contributed by atoms with van der Waals surface area (Å²) >= 11 is 0. The van der Waals surface area contributed by atoms with Gasteiger partial charge in [0.2, 0.25) is 0 Å². The zero-order chi connectivity index (χ0) is 29.9. The van der Waals surface area contributed by atoms with E-state index in [0.717, 1.165) is 41.6 Å². The molecule has 0 heterocycles. The van der Waals surface area contributed by atoms with Gasteiger partial charge in [0.25, 0.3) is 0 Å². The first kappa shape index (κ1) is 32.5. The number of ether oxygens (including phenoxy) is 2. The maximum absolute atomic E-state index is 11.9. The monoisotopic (exact) mass is 577 g/mol. The first-order valence-electron chi connectivity index (χ1n) is 14.6. The van der Waals surface area contributed by atoms with Crippen molar-refractivity contribution in [3.05, 3.63) is 95.1 Å². The normalized spacial score (nSPS) is 12.7. The van der Waals surface area contributed by atoms with Crippen LogP contribution in [0.1, 0.15) is 68.9 Å². The van der Waals surface area contributed by atoms with E-state index in [1.807, 2.05) is 79.7 Å². The van der Waals surface area contributed by atoms with Crippen molar-refractivity contribution < 1.29 is 23.8 Å². The molecule has 0 fully saturated rings. The second-order valence-corrected chi connectivity index (χ2v) is 16.7. The summed E-state index contributed by atoms with van der Waals surface area (Å²) < 4.78 is 18.4. The number of aliphatic hydroxyl groups excluding tert-OH is 1. The maximum Gasteiger partial charge on any atom is 0.311 e. The number of benzene rings is 3. The van der Waals surface area contributed by atoms with Gasteiger partial charge in [0.1, 0.15) is 18.1 Å². The van der Waals surface area contributed by atoms with Crippen molar-refractivity contribution in [2.75, 3.05) is 13.1 Å². The van der Waals surface area contributed by atoms with Gasteiger partial charge in [0.05, 0.1) is 12.7 Å². The Labute approximate surface area is 247 Å². The molecule has 3 aromatic carbocycles. The van der Waals surface area contributed by atoms with Gasteiger partial charge in [-0.05, 0) is 78.5 Å². The fraction of sp³-hybridized carbons (Fsp3) is 0.441. The molecule has 0 aromatic heterocycles. The van der Waals surface area contributed by atoms with Crippen molar-refractivity contribution in [3.63, 3.8) is 0 Å². The SMILES string of the molecule is CCCC(=O)Oc1cccc(CCNC[C@H](O[Si](C)(C)C(C)(C)C)c2ccc(OCc3ccccc3)c(CO)c2)c1. The van der Waals surface area contributed by atoms with Crippen molar-refractivity contribution in [2.45, 2.75) is 84.4 Å². The molecule has 2 N–H and O–H groups in total. The number of hydrogen-bond donors (Lipinski definition) is 2. The summed E-state index contributed by atoms with van der Waals surface area (Å²) in [7, 11) is -2.09. The first-order chi connectivity index (χ1) is 19.5. The Morgan fingerprint density at radius 1 is 0.976 bits per heavy atom. The van der Waals surface area contributed by atoms with Gasteiger partial charge in [-0.1, -0.05) is 76.2 Å². The minimum Gasteiger partial charge on any atom is -0.489 e. The van der Waals surface area contributed by atoms with E-state index in [0.29, 0.717) is 31.1 Å². The average molecular weight is 578 g/mol. The predicted octanol–water partition coefficient (Wildman–Crippen LogP) is 7.36. The van der Waals surface area contributed by atoms with E-state index >= 15 is 0 Å². The molecule has 0 saturated carbocycles. The fourth-order valence-corrected chi connectivity index (χ4v) is 5.46. The predicted molar refractivity (Wildman–Crippen MR) is 168 cm³/mol. The van der Waals surface area contributed by atoms with Gasteiger partial charge in [0.15, 0.2) is 8.32 Å². The zero-order valence-corrected chi connectivity index (χ0v) is 26.5. The number of aliphatic hydroxyl groups is 1. The Kier molecular flexibility index (Phi) is 12.2. The van der Waals surface area contributed by atoms with Gasteiger partial charge >= 0.3 is 5.97 Å². The van der Waals surface area contributed by atoms with Crippen LogP contribution in [-0.4, -0.2) is 32.5 Å². The molecule has 0 aliphatic heterocycles. The Morgan fingerprint density at radius 3 is 2.39 bits per heavy atom. The minimum absolute atomic E-state index is 0.0550. The molecule has 222 valence electrons. The third-order valence-electron chi connectivity index (χ3n) is 7.61. The highest BCUT2D eigenvalue weighted by Crippen LogP contribution is 2.40. The van der Waals surface area contributed by atoms with E-state index in [9.17, 15) is 9.90 Å². The summed E-state index contributed by atoms with van der Waals surface area (Å²) in [5.74, 6) is 1.07. The average Bonchev–Trinajstić information content (AvgIpc) is 2.93. The highest BCUT2D eigenvalue weighted by Gasteiger charge is 2.39. The molecule has 41 heavy (non-hydrogen) atoms. The van der Waals surface area contributed by atoms with Gasteiger partial charge in [-0.25, -0.2) is 0 Å². The highest BCUT2D eigenvalue weighted by molar-refractivity contribution is 6.74. The van der Waals surface area contributed by atoms with Crippen LogP contribution in [0.2, 0.25) is 18.1 Å². The smallest absolute Gasteiger partial charge is 0.311 e. The Bertz CT molecular complexity index is 1240. The third kappa shape index (κ3) is 10.1. The molecule has 0 saturated heterocycles. The lowest BCUT2D eigenvalue weighted by atomic mass is 10.0. The summed E-state index contributed by atoms with van der Waals surface area (Å²) in [5.41, 5.74) is 3.94. The molecule has 0 unspecified atom stereocenters. The van der Waals surface area contributed by atoms with Crippen LogP contribution >= 0.6 is 0 Å². The molecule has 3 aromatic rings. The maximum atomic E-state index is 11.9. The Hall–Kier alpha value is -2.97. The van der Waals surface area contributed by atoms with Crippen molar-refractivity contribution in [3.8, 4) is 11.5 Å². The lowest BCUT2D eigenvalue weighted by Gasteiger charge is -2.39. The number of carbonyl (C=O) groups is 1. The fourth-order valence-electron chi connectivity index (χ4n) is 4.18. The molecule has 1 atom stereocenters. The van der Waals surface area contributed by atoms with Crippen molar-refractivity contribution in [1.29, 1.82) is 0 Å². The van der Waals surface area contributed by atoms with Crippen LogP contribution in [0, 0.1) is 0 Å². The lowest BCUT2D eigenvalue weighted by molar-refractivity contribution is -0.134. The van der Waals surface area contributed by atoms with Crippen molar-refractivity contribution in [1.82, 2.24) is 5.32 Å². The first-order valence-corrected chi connectivity index (χ1v) is 17.5. The van der Waals surface area contributed by atoms with E-state index in [2.05, 4.69) is 39.2 Å². The van der Waals surface area contributed by atoms with Gasteiger partial charge in [-0.15, -0.1) is 0 Å². The number of nitrogens with one attached hydrogen (secondary N) is 1. The molecular weight excluding hydrogens is 530 g/mol. The minimum atomic E-state index is -2.09. The molecule has 0 aliphatic rings. The Morgan fingerprint density at radius 2 is 1.71 bits per heavy atom. The summed E-state index contributed by atoms with van der Waals surface area (Å²) in [6, 6.07) is 23.7. The van der Waals surface area contributed by atoms with E-state index in [-0.39, 0.29) is 23.7 Å². The van der Waals surface area contributed by atoms with Crippen molar-refractivity contribution in [2.24, 2.45) is 0 Å². The number of esters is 1. The van der Waals surface area contributed by atoms with Crippen LogP contribution in [0.5, 0.6) is 11.5 Å². The summed E-state index contributed by atoms with van der Waals surface area (Å²) in [6.45, 7) is 14.9. The van der Waals surface area contributed by atoms with Gasteiger partial charge in [-0.3, -0.25) is 4.79 Å². The van der Waals surface area contributed by atoms with E-state index in [1.165, 1.54) is 0 Å². The quantitative estimate of drug-likeness (QED) is 0.0851. The van der Waals surface area contributed by atoms with E-state index in [4.69, 9.17) is 13.9 Å². The molecule has 0 aliphatic carbocycles. The largest absolute Gasteiger partial charge is 0.489 e. The lowest BCUT2D eigenvalue weighted by Crippen LogP contribution is -2.43. The summed E-state index contributed by atoms with van der Waals surface area (Å²) in [5, 5.41) is 13.8. The van der Waals surface area contributed by atoms with Gasteiger partial charge in [-0.2, -0.15) is 0 Å². The Balaban J connectivity index is 1.70. The zero-order valence-electron chi connectivity index (χ0n) is 25.5. The molecule has 3 rings (SSSR count). The molecule has 6 nitrogen and oxygen atoms in total. The van der Waals surface area contributed by atoms with Crippen LogP contribution in [0.4, 0.5) is 0 Å². The molecule has 7 heteroatoms. The molecule has 0 spiro atoms. The number of carbonyl (C=O) groups excluding carboxylic acids is 1. The summed E-state index contributed by atoms with van der Waals surface area (Å²) in [6.07, 6.45) is 1.80. The van der Waals surface area contributed by atoms with Gasteiger partial charge in [0, 0.05) is 18.5 Å². The highest BCUT2D eigenvalue weighted by atomic mass is 28.4. The molecular formula is C34H47NO5Si. The number of rotatable bonds is 15.